The molecule has 9 heteroatoms. The molecule has 0 saturated carbocycles. The standard InChI is InChI=1S/C20H27N5O4/c1-2-29-18(26)8-9-23-17(10-14-6-4-3-5-7-14)20(28)25-16(19(21)27)11-15-12-22-13-24-15/h3-7,12-13,16-17,23H,2,8-11H2,1H3,(H2,21,27)(H,22,24)(H,25,28)/t16-,17?/m0/s1. The third-order valence-electron chi connectivity index (χ3n) is 4.25. The molecular weight excluding hydrogens is 374 g/mol. The summed E-state index contributed by atoms with van der Waals surface area (Å²) >= 11 is 0. The zero-order chi connectivity index (χ0) is 21.1. The predicted octanol–water partition coefficient (Wildman–Crippen LogP) is 0.0764. The molecule has 1 aromatic carbocycles. The molecule has 156 valence electrons. The van der Waals surface area contributed by atoms with Crippen molar-refractivity contribution in [3.05, 3.63) is 54.1 Å². The molecule has 0 aliphatic carbocycles. The Bertz CT molecular complexity index is 779. The summed E-state index contributed by atoms with van der Waals surface area (Å²) in [5.74, 6) is -1.37. The zero-order valence-corrected chi connectivity index (χ0v) is 16.4. The smallest absolute Gasteiger partial charge is 0.307 e. The molecule has 2 rings (SSSR count). The average molecular weight is 401 g/mol. The lowest BCUT2D eigenvalue weighted by Crippen LogP contribution is -2.53. The van der Waals surface area contributed by atoms with Gasteiger partial charge >= 0.3 is 5.97 Å². The van der Waals surface area contributed by atoms with Crippen molar-refractivity contribution < 1.29 is 19.1 Å². The van der Waals surface area contributed by atoms with Gasteiger partial charge in [0.25, 0.3) is 0 Å². The summed E-state index contributed by atoms with van der Waals surface area (Å²) in [4.78, 5) is 43.1. The number of nitrogens with zero attached hydrogens (tertiary/aromatic N) is 1. The molecule has 0 aliphatic heterocycles. The molecule has 0 bridgehead atoms. The zero-order valence-electron chi connectivity index (χ0n) is 16.4. The van der Waals surface area contributed by atoms with Gasteiger partial charge in [-0.25, -0.2) is 4.98 Å². The van der Waals surface area contributed by atoms with E-state index in [1.54, 1.807) is 13.1 Å². The van der Waals surface area contributed by atoms with E-state index < -0.39 is 18.0 Å². The second kappa shape index (κ2) is 11.6. The van der Waals surface area contributed by atoms with E-state index in [9.17, 15) is 14.4 Å². The van der Waals surface area contributed by atoms with E-state index in [0.717, 1.165) is 5.56 Å². The number of carbonyl (C=O) groups excluding carboxylic acids is 3. The number of rotatable bonds is 12. The van der Waals surface area contributed by atoms with Gasteiger partial charge in [0.05, 0.1) is 31.1 Å². The Balaban J connectivity index is 2.02. The van der Waals surface area contributed by atoms with Crippen LogP contribution in [-0.2, 0) is 32.0 Å². The lowest BCUT2D eigenvalue weighted by Gasteiger charge is -2.22. The summed E-state index contributed by atoms with van der Waals surface area (Å²) in [6, 6.07) is 7.92. The van der Waals surface area contributed by atoms with Crippen molar-refractivity contribution in [3.8, 4) is 0 Å². The van der Waals surface area contributed by atoms with E-state index in [-0.39, 0.29) is 31.3 Å². The molecule has 1 heterocycles. The lowest BCUT2D eigenvalue weighted by atomic mass is 10.0. The van der Waals surface area contributed by atoms with Crippen LogP contribution in [-0.4, -0.2) is 53.0 Å². The molecule has 2 aromatic rings. The van der Waals surface area contributed by atoms with Gasteiger partial charge in [0, 0.05) is 19.2 Å². The Morgan fingerprint density at radius 1 is 1.17 bits per heavy atom. The van der Waals surface area contributed by atoms with Gasteiger partial charge in [-0.2, -0.15) is 0 Å². The maximum absolute atomic E-state index is 12.9. The van der Waals surface area contributed by atoms with E-state index in [4.69, 9.17) is 10.5 Å². The van der Waals surface area contributed by atoms with Crippen LogP contribution in [0.4, 0.5) is 0 Å². The van der Waals surface area contributed by atoms with Crippen molar-refractivity contribution in [3.63, 3.8) is 0 Å². The number of primary amides is 1. The van der Waals surface area contributed by atoms with Gasteiger partial charge in [0.15, 0.2) is 0 Å². The number of esters is 1. The summed E-state index contributed by atoms with van der Waals surface area (Å²) in [6.07, 6.45) is 3.85. The molecule has 1 unspecified atom stereocenters. The van der Waals surface area contributed by atoms with Gasteiger partial charge in [-0.1, -0.05) is 30.3 Å². The van der Waals surface area contributed by atoms with Crippen molar-refractivity contribution in [2.45, 2.75) is 38.3 Å². The average Bonchev–Trinajstić information content (AvgIpc) is 3.20. The monoisotopic (exact) mass is 401 g/mol. The number of nitrogens with one attached hydrogen (secondary N) is 3. The van der Waals surface area contributed by atoms with Crippen LogP contribution in [0.1, 0.15) is 24.6 Å². The number of H-pyrrole nitrogens is 1. The van der Waals surface area contributed by atoms with Crippen LogP contribution in [0, 0.1) is 0 Å². The van der Waals surface area contributed by atoms with Gasteiger partial charge in [-0.15, -0.1) is 0 Å². The van der Waals surface area contributed by atoms with Gasteiger partial charge in [-0.05, 0) is 18.9 Å². The van der Waals surface area contributed by atoms with Crippen LogP contribution < -0.4 is 16.4 Å². The van der Waals surface area contributed by atoms with E-state index >= 15 is 0 Å². The minimum absolute atomic E-state index is 0.138. The fourth-order valence-corrected chi connectivity index (χ4v) is 2.80. The Labute approximate surface area is 169 Å². The summed E-state index contributed by atoms with van der Waals surface area (Å²) in [5, 5.41) is 5.77. The third kappa shape index (κ3) is 7.74. The first-order chi connectivity index (χ1) is 14.0. The molecule has 1 aromatic heterocycles. The van der Waals surface area contributed by atoms with Crippen LogP contribution in [0.2, 0.25) is 0 Å². The molecule has 0 spiro atoms. The highest BCUT2D eigenvalue weighted by molar-refractivity contribution is 5.89. The Morgan fingerprint density at radius 2 is 1.93 bits per heavy atom. The van der Waals surface area contributed by atoms with Crippen molar-refractivity contribution in [1.82, 2.24) is 20.6 Å². The largest absolute Gasteiger partial charge is 0.466 e. The van der Waals surface area contributed by atoms with Crippen molar-refractivity contribution in [1.29, 1.82) is 0 Å². The Morgan fingerprint density at radius 3 is 2.55 bits per heavy atom. The maximum Gasteiger partial charge on any atom is 0.307 e. The molecule has 0 radical (unpaired) electrons. The van der Waals surface area contributed by atoms with Crippen LogP contribution >= 0.6 is 0 Å². The normalized spacial score (nSPS) is 12.7. The fourth-order valence-electron chi connectivity index (χ4n) is 2.80. The number of ether oxygens (including phenoxy) is 1. The van der Waals surface area contributed by atoms with E-state index in [1.807, 2.05) is 30.3 Å². The summed E-state index contributed by atoms with van der Waals surface area (Å²) in [7, 11) is 0. The molecule has 5 N–H and O–H groups in total. The predicted molar refractivity (Wildman–Crippen MR) is 107 cm³/mol. The molecule has 2 atom stereocenters. The molecular formula is C20H27N5O4. The number of hydrogen-bond donors (Lipinski definition) is 4. The van der Waals surface area contributed by atoms with Crippen LogP contribution in [0.5, 0.6) is 0 Å². The van der Waals surface area contributed by atoms with Crippen molar-refractivity contribution >= 4 is 17.8 Å². The number of amides is 2. The molecule has 0 fully saturated rings. The molecule has 0 aliphatic rings. The fraction of sp³-hybridized carbons (Fsp3) is 0.400. The minimum atomic E-state index is -0.893. The SMILES string of the molecule is CCOC(=O)CCNC(Cc1ccccc1)C(=O)N[C@@H](Cc1c[nH]cn1)C(N)=O. The van der Waals surface area contributed by atoms with Gasteiger partial charge in [0.1, 0.15) is 6.04 Å². The van der Waals surface area contributed by atoms with E-state index in [1.165, 1.54) is 6.33 Å². The number of carbonyl (C=O) groups is 3. The van der Waals surface area contributed by atoms with Gasteiger partial charge < -0.3 is 26.1 Å². The van der Waals surface area contributed by atoms with E-state index in [2.05, 4.69) is 20.6 Å². The highest BCUT2D eigenvalue weighted by Gasteiger charge is 2.25. The highest BCUT2D eigenvalue weighted by atomic mass is 16.5. The maximum atomic E-state index is 12.9. The van der Waals surface area contributed by atoms with Crippen molar-refractivity contribution in [2.24, 2.45) is 5.73 Å². The van der Waals surface area contributed by atoms with Gasteiger partial charge in [-0.3, -0.25) is 14.4 Å². The summed E-state index contributed by atoms with van der Waals surface area (Å²) in [5.41, 5.74) is 7.01. The molecule has 0 saturated heterocycles. The first kappa shape index (κ1) is 22.1. The minimum Gasteiger partial charge on any atom is -0.466 e. The summed E-state index contributed by atoms with van der Waals surface area (Å²) < 4.78 is 4.91. The Hall–Kier alpha value is -3.20. The van der Waals surface area contributed by atoms with E-state index in [0.29, 0.717) is 18.7 Å². The molecule has 29 heavy (non-hydrogen) atoms. The second-order valence-electron chi connectivity index (χ2n) is 6.48. The summed E-state index contributed by atoms with van der Waals surface area (Å²) in [6.45, 7) is 2.31. The van der Waals surface area contributed by atoms with Crippen molar-refractivity contribution in [2.75, 3.05) is 13.2 Å². The van der Waals surface area contributed by atoms with Crippen LogP contribution in [0.15, 0.2) is 42.9 Å². The van der Waals surface area contributed by atoms with Crippen LogP contribution in [0.25, 0.3) is 0 Å². The topological polar surface area (TPSA) is 139 Å². The molecule has 9 nitrogen and oxygen atoms in total. The van der Waals surface area contributed by atoms with Crippen LogP contribution in [0.3, 0.4) is 0 Å². The number of aromatic nitrogens is 2. The number of benzene rings is 1. The van der Waals surface area contributed by atoms with Gasteiger partial charge in [0.2, 0.25) is 11.8 Å². The molecule has 2 amide bonds. The number of nitrogens with two attached hydrogens (primary N) is 1. The lowest BCUT2D eigenvalue weighted by molar-refractivity contribution is -0.143. The number of hydrogen-bond acceptors (Lipinski definition) is 6. The highest BCUT2D eigenvalue weighted by Crippen LogP contribution is 2.05. The first-order valence-corrected chi connectivity index (χ1v) is 9.49. The number of imidazole rings is 1. The first-order valence-electron chi connectivity index (χ1n) is 9.49. The second-order valence-corrected chi connectivity index (χ2v) is 6.48. The third-order valence-corrected chi connectivity index (χ3v) is 4.25. The Kier molecular flexibility index (Phi) is 8.84. The number of aromatic amines is 1. The quantitative estimate of drug-likeness (QED) is 0.371.